The van der Waals surface area contributed by atoms with Gasteiger partial charge in [-0.1, -0.05) is 17.7 Å². The third kappa shape index (κ3) is 4.82. The Kier molecular flexibility index (Phi) is 5.32. The van der Waals surface area contributed by atoms with Crippen molar-refractivity contribution >= 4 is 35.3 Å². The van der Waals surface area contributed by atoms with Gasteiger partial charge < -0.3 is 10.4 Å². The van der Waals surface area contributed by atoms with Gasteiger partial charge in [-0.15, -0.1) is 0 Å². The molecule has 0 saturated carbocycles. The first-order valence-electron chi connectivity index (χ1n) is 6.65. The van der Waals surface area contributed by atoms with Crippen LogP contribution in [0.4, 0.5) is 5.69 Å². The lowest BCUT2D eigenvalue weighted by atomic mass is 10.2. The predicted octanol–water partition coefficient (Wildman–Crippen LogP) is 2.77. The lowest BCUT2D eigenvalue weighted by Crippen LogP contribution is -2.18. The monoisotopic (exact) mass is 331 g/mol. The number of hydrogen-bond donors (Lipinski definition) is 3. The summed E-state index contributed by atoms with van der Waals surface area (Å²) in [5.41, 5.74) is 3.57. The zero-order valence-corrected chi connectivity index (χ0v) is 13.0. The first-order valence-corrected chi connectivity index (χ1v) is 7.03. The van der Waals surface area contributed by atoms with Crippen molar-refractivity contribution in [2.75, 3.05) is 5.32 Å². The van der Waals surface area contributed by atoms with E-state index in [0.717, 1.165) is 0 Å². The number of carbonyl (C=O) groups is 2. The number of benzene rings is 2. The Morgan fingerprint density at radius 2 is 2.00 bits per heavy atom. The number of hydrogen-bond acceptors (Lipinski definition) is 4. The molecule has 23 heavy (non-hydrogen) atoms. The molecule has 0 saturated heterocycles. The summed E-state index contributed by atoms with van der Waals surface area (Å²) in [5.74, 6) is -0.674. The summed E-state index contributed by atoms with van der Waals surface area (Å²) in [6.07, 6.45) is 1.29. The van der Waals surface area contributed by atoms with Gasteiger partial charge in [0.1, 0.15) is 5.75 Å². The lowest BCUT2D eigenvalue weighted by Gasteiger charge is -2.04. The minimum Gasteiger partial charge on any atom is -0.507 e. The number of halogens is 1. The second-order valence-electron chi connectivity index (χ2n) is 4.66. The quantitative estimate of drug-likeness (QED) is 0.594. The Balaban J connectivity index is 2.06. The number of anilines is 1. The molecule has 0 heterocycles. The van der Waals surface area contributed by atoms with Gasteiger partial charge in [0.15, 0.2) is 0 Å². The summed E-state index contributed by atoms with van der Waals surface area (Å²) in [6, 6.07) is 10.9. The van der Waals surface area contributed by atoms with Crippen LogP contribution in [-0.4, -0.2) is 23.1 Å². The summed E-state index contributed by atoms with van der Waals surface area (Å²) >= 11 is 5.82. The maximum atomic E-state index is 12.0. The van der Waals surface area contributed by atoms with E-state index in [9.17, 15) is 14.7 Å². The van der Waals surface area contributed by atoms with E-state index in [1.54, 1.807) is 24.3 Å². The molecule has 2 aromatic carbocycles. The standard InChI is InChI=1S/C16H14ClN3O3/c1-10(21)19-14-4-2-3-11(8-14)16(23)20-18-9-12-7-13(17)5-6-15(12)22/h2-9,22H,1H3,(H,19,21)(H,20,23)/b18-9+. The first-order chi connectivity index (χ1) is 11.0. The molecule has 0 radical (unpaired) electrons. The van der Waals surface area contributed by atoms with Crippen molar-refractivity contribution in [2.24, 2.45) is 5.10 Å². The van der Waals surface area contributed by atoms with Gasteiger partial charge in [0, 0.05) is 28.8 Å². The van der Waals surface area contributed by atoms with Crippen LogP contribution in [0.1, 0.15) is 22.8 Å². The Morgan fingerprint density at radius 3 is 2.74 bits per heavy atom. The van der Waals surface area contributed by atoms with Crippen molar-refractivity contribution in [1.29, 1.82) is 0 Å². The van der Waals surface area contributed by atoms with E-state index in [0.29, 0.717) is 21.8 Å². The number of nitrogens with zero attached hydrogens (tertiary/aromatic N) is 1. The van der Waals surface area contributed by atoms with Crippen molar-refractivity contribution < 1.29 is 14.7 Å². The number of phenolic OH excluding ortho intramolecular Hbond substituents is 1. The second-order valence-corrected chi connectivity index (χ2v) is 5.10. The van der Waals surface area contributed by atoms with E-state index in [4.69, 9.17) is 11.6 Å². The molecule has 0 bridgehead atoms. The zero-order chi connectivity index (χ0) is 16.8. The van der Waals surface area contributed by atoms with E-state index in [2.05, 4.69) is 15.8 Å². The molecule has 2 rings (SSSR count). The van der Waals surface area contributed by atoms with Crippen molar-refractivity contribution in [1.82, 2.24) is 5.43 Å². The topological polar surface area (TPSA) is 90.8 Å². The fourth-order valence-corrected chi connectivity index (χ4v) is 1.98. The minimum absolute atomic E-state index is 0.0000505. The second kappa shape index (κ2) is 7.42. The summed E-state index contributed by atoms with van der Waals surface area (Å²) < 4.78 is 0. The van der Waals surface area contributed by atoms with E-state index >= 15 is 0 Å². The van der Waals surface area contributed by atoms with Crippen LogP contribution in [0.5, 0.6) is 5.75 Å². The fraction of sp³-hybridized carbons (Fsp3) is 0.0625. The minimum atomic E-state index is -0.449. The molecule has 0 aliphatic heterocycles. The van der Waals surface area contributed by atoms with E-state index in [1.165, 1.54) is 31.3 Å². The third-order valence-electron chi connectivity index (χ3n) is 2.80. The molecule has 0 spiro atoms. The molecular weight excluding hydrogens is 318 g/mol. The Labute approximate surface area is 137 Å². The Bertz CT molecular complexity index is 775. The molecular formula is C16H14ClN3O3. The average Bonchev–Trinajstić information content (AvgIpc) is 2.50. The van der Waals surface area contributed by atoms with Gasteiger partial charge in [-0.2, -0.15) is 5.10 Å². The fourth-order valence-electron chi connectivity index (χ4n) is 1.80. The van der Waals surface area contributed by atoms with Gasteiger partial charge >= 0.3 is 0 Å². The third-order valence-corrected chi connectivity index (χ3v) is 3.04. The van der Waals surface area contributed by atoms with Crippen LogP contribution >= 0.6 is 11.6 Å². The van der Waals surface area contributed by atoms with Gasteiger partial charge in [-0.05, 0) is 36.4 Å². The van der Waals surface area contributed by atoms with Crippen molar-refractivity contribution in [2.45, 2.75) is 6.92 Å². The van der Waals surface area contributed by atoms with Crippen molar-refractivity contribution in [3.8, 4) is 5.75 Å². The maximum absolute atomic E-state index is 12.0. The highest BCUT2D eigenvalue weighted by molar-refractivity contribution is 6.30. The summed E-state index contributed by atoms with van der Waals surface area (Å²) in [5, 5.41) is 16.4. The zero-order valence-electron chi connectivity index (χ0n) is 12.2. The van der Waals surface area contributed by atoms with Crippen LogP contribution in [-0.2, 0) is 4.79 Å². The van der Waals surface area contributed by atoms with Gasteiger partial charge in [0.2, 0.25) is 5.91 Å². The molecule has 0 aromatic heterocycles. The highest BCUT2D eigenvalue weighted by Gasteiger charge is 2.06. The van der Waals surface area contributed by atoms with Crippen LogP contribution in [0.15, 0.2) is 47.6 Å². The molecule has 6 nitrogen and oxygen atoms in total. The number of aromatic hydroxyl groups is 1. The molecule has 0 fully saturated rings. The normalized spacial score (nSPS) is 10.5. The van der Waals surface area contributed by atoms with E-state index < -0.39 is 5.91 Å². The molecule has 3 N–H and O–H groups in total. The maximum Gasteiger partial charge on any atom is 0.271 e. The molecule has 2 aromatic rings. The lowest BCUT2D eigenvalue weighted by molar-refractivity contribution is -0.114. The number of rotatable bonds is 4. The molecule has 0 aliphatic rings. The summed E-state index contributed by atoms with van der Waals surface area (Å²) in [7, 11) is 0. The Morgan fingerprint density at radius 1 is 1.22 bits per heavy atom. The van der Waals surface area contributed by atoms with Gasteiger partial charge in [-0.25, -0.2) is 5.43 Å². The number of carbonyl (C=O) groups excluding carboxylic acids is 2. The molecule has 2 amide bonds. The summed E-state index contributed by atoms with van der Waals surface area (Å²) in [6.45, 7) is 1.38. The highest BCUT2D eigenvalue weighted by Crippen LogP contribution is 2.19. The van der Waals surface area contributed by atoms with Gasteiger partial charge in [-0.3, -0.25) is 9.59 Å². The van der Waals surface area contributed by atoms with Gasteiger partial charge in [0.05, 0.1) is 6.21 Å². The highest BCUT2D eigenvalue weighted by atomic mass is 35.5. The smallest absolute Gasteiger partial charge is 0.271 e. The van der Waals surface area contributed by atoms with Crippen molar-refractivity contribution in [3.63, 3.8) is 0 Å². The molecule has 0 unspecified atom stereocenters. The van der Waals surface area contributed by atoms with Gasteiger partial charge in [0.25, 0.3) is 5.91 Å². The van der Waals surface area contributed by atoms with E-state index in [1.807, 2.05) is 0 Å². The molecule has 7 heteroatoms. The number of nitrogens with one attached hydrogen (secondary N) is 2. The number of hydrazone groups is 1. The SMILES string of the molecule is CC(=O)Nc1cccc(C(=O)N/N=C/c2cc(Cl)ccc2O)c1. The number of amides is 2. The van der Waals surface area contributed by atoms with Crippen LogP contribution in [0, 0.1) is 0 Å². The van der Waals surface area contributed by atoms with Crippen LogP contribution in [0.25, 0.3) is 0 Å². The van der Waals surface area contributed by atoms with Crippen LogP contribution in [0.2, 0.25) is 5.02 Å². The first kappa shape index (κ1) is 16.5. The molecule has 0 atom stereocenters. The van der Waals surface area contributed by atoms with Crippen LogP contribution in [0.3, 0.4) is 0 Å². The number of phenols is 1. The van der Waals surface area contributed by atoms with Crippen molar-refractivity contribution in [3.05, 3.63) is 58.6 Å². The summed E-state index contributed by atoms with van der Waals surface area (Å²) in [4.78, 5) is 23.0. The predicted molar refractivity (Wildman–Crippen MR) is 88.9 cm³/mol. The average molecular weight is 332 g/mol. The van der Waals surface area contributed by atoms with E-state index in [-0.39, 0.29) is 11.7 Å². The Hall–Kier alpha value is -2.86. The largest absolute Gasteiger partial charge is 0.507 e. The molecule has 118 valence electrons. The van der Waals surface area contributed by atoms with Crippen LogP contribution < -0.4 is 10.7 Å². The molecule has 0 aliphatic carbocycles.